The van der Waals surface area contributed by atoms with E-state index < -0.39 is 24.0 Å². The second-order valence-corrected chi connectivity index (χ2v) is 5.48. The Balaban J connectivity index is 2.12. The third-order valence-corrected chi connectivity index (χ3v) is 3.76. The molecule has 6 nitrogen and oxygen atoms in total. The van der Waals surface area contributed by atoms with Gasteiger partial charge in [0.15, 0.2) is 6.10 Å². The molecule has 2 rings (SSSR count). The maximum Gasteiger partial charge on any atom is 0.326 e. The molecule has 0 unspecified atom stereocenters. The molecule has 0 fully saturated rings. The van der Waals surface area contributed by atoms with Gasteiger partial charge in [-0.1, -0.05) is 42.5 Å². The number of carboxylic acids is 1. The van der Waals surface area contributed by atoms with Gasteiger partial charge in [0.05, 0.1) is 7.11 Å². The number of methoxy groups -OCH3 is 2. The largest absolute Gasteiger partial charge is 0.497 e. The van der Waals surface area contributed by atoms with Gasteiger partial charge in [0, 0.05) is 13.5 Å². The van der Waals surface area contributed by atoms with Crippen molar-refractivity contribution in [3.8, 4) is 5.75 Å². The second kappa shape index (κ2) is 8.84. The molecule has 2 aromatic rings. The zero-order valence-electron chi connectivity index (χ0n) is 14.1. The molecule has 0 heterocycles. The average molecular weight is 343 g/mol. The molecule has 0 bridgehead atoms. The number of carboxylic acid groups (broad SMARTS) is 1. The van der Waals surface area contributed by atoms with Crippen LogP contribution >= 0.6 is 0 Å². The first-order valence-corrected chi connectivity index (χ1v) is 7.79. The van der Waals surface area contributed by atoms with Gasteiger partial charge in [0.1, 0.15) is 11.8 Å². The number of hydrogen-bond donors (Lipinski definition) is 2. The highest BCUT2D eigenvalue weighted by atomic mass is 16.5. The molecular formula is C19H21NO5. The minimum absolute atomic E-state index is 0.142. The zero-order valence-corrected chi connectivity index (χ0v) is 14.1. The van der Waals surface area contributed by atoms with Crippen LogP contribution in [-0.2, 0) is 20.7 Å². The van der Waals surface area contributed by atoms with Crippen molar-refractivity contribution in [2.45, 2.75) is 18.6 Å². The van der Waals surface area contributed by atoms with Crippen molar-refractivity contribution in [3.63, 3.8) is 0 Å². The van der Waals surface area contributed by atoms with Crippen LogP contribution < -0.4 is 10.1 Å². The Bertz CT molecular complexity index is 717. The maximum absolute atomic E-state index is 12.5. The van der Waals surface area contributed by atoms with Crippen molar-refractivity contribution < 1.29 is 24.2 Å². The molecule has 0 saturated carbocycles. The van der Waals surface area contributed by atoms with E-state index in [2.05, 4.69) is 5.32 Å². The van der Waals surface area contributed by atoms with Gasteiger partial charge in [0.25, 0.3) is 5.91 Å². The van der Waals surface area contributed by atoms with Gasteiger partial charge in [-0.05, 0) is 23.3 Å². The number of rotatable bonds is 8. The molecule has 0 aliphatic rings. The smallest absolute Gasteiger partial charge is 0.326 e. The number of carbonyl (C=O) groups is 2. The fourth-order valence-electron chi connectivity index (χ4n) is 2.50. The number of aliphatic carboxylic acids is 1. The molecule has 0 saturated heterocycles. The van der Waals surface area contributed by atoms with E-state index in [9.17, 15) is 14.7 Å². The summed E-state index contributed by atoms with van der Waals surface area (Å²) in [4.78, 5) is 24.0. The number of carbonyl (C=O) groups excluding carboxylic acids is 1. The van der Waals surface area contributed by atoms with Crippen molar-refractivity contribution in [1.29, 1.82) is 0 Å². The van der Waals surface area contributed by atoms with Crippen LogP contribution in [0.25, 0.3) is 0 Å². The summed E-state index contributed by atoms with van der Waals surface area (Å²) in [6.45, 7) is 0. The molecule has 0 spiro atoms. The van der Waals surface area contributed by atoms with Gasteiger partial charge < -0.3 is 19.9 Å². The minimum Gasteiger partial charge on any atom is -0.497 e. The molecule has 25 heavy (non-hydrogen) atoms. The van der Waals surface area contributed by atoms with Gasteiger partial charge in [-0.15, -0.1) is 0 Å². The summed E-state index contributed by atoms with van der Waals surface area (Å²) < 4.78 is 10.4. The van der Waals surface area contributed by atoms with Crippen molar-refractivity contribution in [2.75, 3.05) is 14.2 Å². The maximum atomic E-state index is 12.5. The summed E-state index contributed by atoms with van der Waals surface area (Å²) in [6, 6.07) is 14.9. The van der Waals surface area contributed by atoms with E-state index in [-0.39, 0.29) is 6.42 Å². The number of hydrogen-bond acceptors (Lipinski definition) is 4. The fraction of sp³-hybridized carbons (Fsp3) is 0.263. The number of nitrogens with one attached hydrogen (secondary N) is 1. The van der Waals surface area contributed by atoms with Gasteiger partial charge in [-0.3, -0.25) is 4.79 Å². The van der Waals surface area contributed by atoms with Crippen LogP contribution in [0.5, 0.6) is 5.75 Å². The summed E-state index contributed by atoms with van der Waals surface area (Å²) in [7, 11) is 2.95. The molecule has 132 valence electrons. The summed E-state index contributed by atoms with van der Waals surface area (Å²) in [5, 5.41) is 12.0. The first kappa shape index (κ1) is 18.5. The normalized spacial score (nSPS) is 12.9. The number of amides is 1. The van der Waals surface area contributed by atoms with E-state index in [4.69, 9.17) is 9.47 Å². The quantitative estimate of drug-likeness (QED) is 0.767. The lowest BCUT2D eigenvalue weighted by Gasteiger charge is -2.20. The third-order valence-electron chi connectivity index (χ3n) is 3.76. The van der Waals surface area contributed by atoms with Crippen molar-refractivity contribution in [1.82, 2.24) is 5.32 Å². The molecule has 6 heteroatoms. The van der Waals surface area contributed by atoms with Gasteiger partial charge in [-0.2, -0.15) is 0 Å². The molecule has 1 amide bonds. The van der Waals surface area contributed by atoms with E-state index >= 15 is 0 Å². The molecule has 0 aliphatic carbocycles. The van der Waals surface area contributed by atoms with Crippen LogP contribution in [0, 0.1) is 0 Å². The topological polar surface area (TPSA) is 84.9 Å². The average Bonchev–Trinajstić information content (AvgIpc) is 2.62. The number of benzene rings is 2. The Morgan fingerprint density at radius 3 is 2.40 bits per heavy atom. The Morgan fingerprint density at radius 2 is 1.80 bits per heavy atom. The van der Waals surface area contributed by atoms with Gasteiger partial charge >= 0.3 is 5.97 Å². The van der Waals surface area contributed by atoms with Crippen LogP contribution in [-0.4, -0.2) is 37.2 Å². The monoisotopic (exact) mass is 343 g/mol. The lowest BCUT2D eigenvalue weighted by Crippen LogP contribution is -2.44. The number of ether oxygens (including phenoxy) is 2. The van der Waals surface area contributed by atoms with Crippen molar-refractivity contribution >= 4 is 11.9 Å². The van der Waals surface area contributed by atoms with E-state index in [1.54, 1.807) is 55.6 Å². The lowest BCUT2D eigenvalue weighted by atomic mass is 10.0. The van der Waals surface area contributed by atoms with Crippen LogP contribution in [0.3, 0.4) is 0 Å². The standard InChI is InChI=1S/C19H21NO5/c1-24-15-10-6-7-13(11-15)12-16(19(22)23)20-18(21)17(25-2)14-8-4-3-5-9-14/h3-11,16-17H,12H2,1-2H3,(H,20,21)(H,22,23)/t16-,17+/m0/s1. The van der Waals surface area contributed by atoms with Crippen LogP contribution in [0.1, 0.15) is 17.2 Å². The molecule has 2 N–H and O–H groups in total. The second-order valence-electron chi connectivity index (χ2n) is 5.48. The van der Waals surface area contributed by atoms with E-state index in [0.29, 0.717) is 11.3 Å². The van der Waals surface area contributed by atoms with Gasteiger partial charge in [-0.25, -0.2) is 4.79 Å². The molecule has 2 atom stereocenters. The predicted molar refractivity (Wildman–Crippen MR) is 92.5 cm³/mol. The Labute approximate surface area is 146 Å². The zero-order chi connectivity index (χ0) is 18.2. The third kappa shape index (κ3) is 5.06. The fourth-order valence-corrected chi connectivity index (χ4v) is 2.50. The van der Waals surface area contributed by atoms with Gasteiger partial charge in [0.2, 0.25) is 0 Å². The molecule has 0 aliphatic heterocycles. The predicted octanol–water partition coefficient (Wildman–Crippen LogP) is 2.19. The Morgan fingerprint density at radius 1 is 1.08 bits per heavy atom. The van der Waals surface area contributed by atoms with E-state index in [0.717, 1.165) is 5.56 Å². The van der Waals surface area contributed by atoms with Crippen LogP contribution in [0.15, 0.2) is 54.6 Å². The molecule has 0 radical (unpaired) electrons. The minimum atomic E-state index is -1.11. The summed E-state index contributed by atoms with van der Waals surface area (Å²) in [6.07, 6.45) is -0.725. The van der Waals surface area contributed by atoms with E-state index in [1.807, 2.05) is 6.07 Å². The van der Waals surface area contributed by atoms with Crippen LogP contribution in [0.2, 0.25) is 0 Å². The molecule has 0 aromatic heterocycles. The molecule has 2 aromatic carbocycles. The molecular weight excluding hydrogens is 322 g/mol. The summed E-state index contributed by atoms with van der Waals surface area (Å²) in [5.74, 6) is -0.977. The SMILES string of the molecule is COc1cccc(C[C@H](NC(=O)[C@H](OC)c2ccccc2)C(=O)O)c1. The Kier molecular flexibility index (Phi) is 6.54. The van der Waals surface area contributed by atoms with Crippen molar-refractivity contribution in [3.05, 3.63) is 65.7 Å². The Hall–Kier alpha value is -2.86. The van der Waals surface area contributed by atoms with E-state index in [1.165, 1.54) is 7.11 Å². The highest BCUT2D eigenvalue weighted by molar-refractivity contribution is 5.87. The highest BCUT2D eigenvalue weighted by Gasteiger charge is 2.26. The highest BCUT2D eigenvalue weighted by Crippen LogP contribution is 2.18. The lowest BCUT2D eigenvalue weighted by molar-refractivity contribution is -0.144. The van der Waals surface area contributed by atoms with Crippen LogP contribution in [0.4, 0.5) is 0 Å². The first-order valence-electron chi connectivity index (χ1n) is 7.79. The first-order chi connectivity index (χ1) is 12.0. The summed E-state index contributed by atoms with van der Waals surface area (Å²) >= 11 is 0. The van der Waals surface area contributed by atoms with Crippen molar-refractivity contribution in [2.24, 2.45) is 0 Å². The summed E-state index contributed by atoms with van der Waals surface area (Å²) in [5.41, 5.74) is 1.41.